The highest BCUT2D eigenvalue weighted by atomic mass is 79.9. The van der Waals surface area contributed by atoms with Gasteiger partial charge in [0.2, 0.25) is 5.91 Å². The Morgan fingerprint density at radius 1 is 1.53 bits per heavy atom. The summed E-state index contributed by atoms with van der Waals surface area (Å²) in [5.41, 5.74) is 7.36. The zero-order valence-electron chi connectivity index (χ0n) is 10.5. The fraction of sp³-hybridized carbons (Fsp3) is 0.231. The van der Waals surface area contributed by atoms with Crippen molar-refractivity contribution in [1.29, 1.82) is 0 Å². The molecule has 1 heterocycles. The number of thiazole rings is 1. The van der Waals surface area contributed by atoms with Crippen LogP contribution in [0.3, 0.4) is 0 Å². The number of halogens is 1. The first-order valence-corrected chi connectivity index (χ1v) is 7.40. The summed E-state index contributed by atoms with van der Waals surface area (Å²) in [6, 6.07) is 7.92. The minimum absolute atomic E-state index is 0.0327. The number of benzene rings is 1. The molecular weight excluding hydrogens is 326 g/mol. The van der Waals surface area contributed by atoms with Gasteiger partial charge in [0.1, 0.15) is 0 Å². The Kier molecular flexibility index (Phi) is 4.55. The fourth-order valence-corrected chi connectivity index (χ4v) is 2.70. The van der Waals surface area contributed by atoms with Crippen molar-refractivity contribution in [2.45, 2.75) is 13.0 Å². The number of rotatable bonds is 4. The topological polar surface area (TPSA) is 59.2 Å². The number of hydrogen-bond donors (Lipinski definition) is 1. The van der Waals surface area contributed by atoms with E-state index in [9.17, 15) is 4.79 Å². The minimum Gasteiger partial charge on any atom is -0.375 e. The van der Waals surface area contributed by atoms with Gasteiger partial charge >= 0.3 is 0 Å². The lowest BCUT2D eigenvalue weighted by atomic mass is 10.2. The maximum atomic E-state index is 12.0. The summed E-state index contributed by atoms with van der Waals surface area (Å²) in [7, 11) is 1.79. The first-order chi connectivity index (χ1) is 9.04. The lowest BCUT2D eigenvalue weighted by Gasteiger charge is -2.16. The van der Waals surface area contributed by atoms with E-state index in [4.69, 9.17) is 5.73 Å². The van der Waals surface area contributed by atoms with E-state index < -0.39 is 0 Å². The van der Waals surface area contributed by atoms with Crippen LogP contribution in [0.15, 0.2) is 34.1 Å². The normalized spacial score (nSPS) is 10.4. The molecule has 0 fully saturated rings. The third kappa shape index (κ3) is 4.04. The molecule has 0 spiro atoms. The van der Waals surface area contributed by atoms with Crippen LogP contribution in [-0.4, -0.2) is 22.8 Å². The van der Waals surface area contributed by atoms with Crippen LogP contribution >= 0.6 is 27.3 Å². The van der Waals surface area contributed by atoms with E-state index in [0.717, 1.165) is 15.7 Å². The van der Waals surface area contributed by atoms with Crippen molar-refractivity contribution >= 4 is 38.3 Å². The highest BCUT2D eigenvalue weighted by Gasteiger charge is 2.12. The van der Waals surface area contributed by atoms with Crippen molar-refractivity contribution in [3.05, 3.63) is 45.4 Å². The molecule has 6 heteroatoms. The van der Waals surface area contributed by atoms with Crippen LogP contribution in [-0.2, 0) is 17.8 Å². The molecule has 0 unspecified atom stereocenters. The van der Waals surface area contributed by atoms with Crippen molar-refractivity contribution in [2.75, 3.05) is 12.8 Å². The molecule has 0 radical (unpaired) electrons. The van der Waals surface area contributed by atoms with Crippen LogP contribution in [0.25, 0.3) is 0 Å². The molecule has 19 heavy (non-hydrogen) atoms. The summed E-state index contributed by atoms with van der Waals surface area (Å²) in [5.74, 6) is 0.0327. The zero-order chi connectivity index (χ0) is 13.8. The Balaban J connectivity index is 1.96. The number of aromatic nitrogens is 1. The average molecular weight is 340 g/mol. The second kappa shape index (κ2) is 6.16. The van der Waals surface area contributed by atoms with Crippen LogP contribution in [0, 0.1) is 0 Å². The Hall–Kier alpha value is -1.40. The van der Waals surface area contributed by atoms with Gasteiger partial charge in [0, 0.05) is 23.4 Å². The molecule has 4 nitrogen and oxygen atoms in total. The largest absolute Gasteiger partial charge is 0.375 e. The van der Waals surface area contributed by atoms with Crippen LogP contribution < -0.4 is 5.73 Å². The highest BCUT2D eigenvalue weighted by molar-refractivity contribution is 9.10. The number of carbonyl (C=O) groups excluding carboxylic acids is 1. The van der Waals surface area contributed by atoms with Gasteiger partial charge in [0.15, 0.2) is 5.13 Å². The summed E-state index contributed by atoms with van der Waals surface area (Å²) in [4.78, 5) is 17.8. The van der Waals surface area contributed by atoms with Gasteiger partial charge in [0.25, 0.3) is 0 Å². The number of nitrogens with two attached hydrogens (primary N) is 1. The minimum atomic E-state index is 0.0327. The van der Waals surface area contributed by atoms with Crippen LogP contribution in [0.5, 0.6) is 0 Å². The standard InChI is InChI=1S/C13H14BrN3OS/c1-17(7-9-3-2-4-10(14)5-9)12(18)6-11-8-19-13(15)16-11/h2-5,8H,6-7H2,1H3,(H2,15,16). The maximum Gasteiger partial charge on any atom is 0.228 e. The molecule has 0 saturated carbocycles. The molecule has 0 aliphatic carbocycles. The lowest BCUT2D eigenvalue weighted by Crippen LogP contribution is -2.27. The van der Waals surface area contributed by atoms with Gasteiger partial charge in [0.05, 0.1) is 12.1 Å². The molecule has 0 aliphatic heterocycles. The SMILES string of the molecule is CN(Cc1cccc(Br)c1)C(=O)Cc1csc(N)n1. The molecule has 2 N–H and O–H groups in total. The van der Waals surface area contributed by atoms with Gasteiger partial charge in [-0.2, -0.15) is 0 Å². The van der Waals surface area contributed by atoms with Gasteiger partial charge in [-0.1, -0.05) is 28.1 Å². The third-order valence-corrected chi connectivity index (χ3v) is 3.85. The van der Waals surface area contributed by atoms with E-state index >= 15 is 0 Å². The molecule has 0 saturated heterocycles. The molecule has 2 aromatic rings. The van der Waals surface area contributed by atoms with E-state index in [1.165, 1.54) is 11.3 Å². The Labute approximate surface area is 124 Å². The van der Waals surface area contributed by atoms with Crippen LogP contribution in [0.4, 0.5) is 5.13 Å². The number of anilines is 1. The lowest BCUT2D eigenvalue weighted by molar-refractivity contribution is -0.129. The predicted octanol–water partition coefficient (Wildman–Crippen LogP) is 2.69. The molecule has 0 aliphatic rings. The van der Waals surface area contributed by atoms with Gasteiger partial charge in [-0.25, -0.2) is 4.98 Å². The first-order valence-electron chi connectivity index (χ1n) is 5.73. The second-order valence-corrected chi connectivity index (χ2v) is 6.04. The Morgan fingerprint density at radius 2 is 2.32 bits per heavy atom. The smallest absolute Gasteiger partial charge is 0.228 e. The highest BCUT2D eigenvalue weighted by Crippen LogP contribution is 2.15. The van der Waals surface area contributed by atoms with Gasteiger partial charge in [-0.3, -0.25) is 4.79 Å². The van der Waals surface area contributed by atoms with Crippen molar-refractivity contribution in [3.63, 3.8) is 0 Å². The average Bonchev–Trinajstić information content (AvgIpc) is 2.74. The predicted molar refractivity (Wildman–Crippen MR) is 80.8 cm³/mol. The number of carbonyl (C=O) groups is 1. The van der Waals surface area contributed by atoms with E-state index in [2.05, 4.69) is 20.9 Å². The fourth-order valence-electron chi connectivity index (χ4n) is 1.69. The first kappa shape index (κ1) is 14.0. The number of nitrogen functional groups attached to an aromatic ring is 1. The summed E-state index contributed by atoms with van der Waals surface area (Å²) < 4.78 is 1.01. The number of amides is 1. The summed E-state index contributed by atoms with van der Waals surface area (Å²) in [5, 5.41) is 2.32. The van der Waals surface area contributed by atoms with Crippen molar-refractivity contribution < 1.29 is 4.79 Å². The maximum absolute atomic E-state index is 12.0. The molecule has 1 aromatic heterocycles. The Bertz CT molecular complexity index is 585. The Morgan fingerprint density at radius 3 is 2.95 bits per heavy atom. The van der Waals surface area contributed by atoms with Crippen LogP contribution in [0.2, 0.25) is 0 Å². The quantitative estimate of drug-likeness (QED) is 0.931. The summed E-state index contributed by atoms with van der Waals surface area (Å²) >= 11 is 4.77. The monoisotopic (exact) mass is 339 g/mol. The van der Waals surface area contributed by atoms with Crippen LogP contribution in [0.1, 0.15) is 11.3 Å². The molecule has 100 valence electrons. The molecular formula is C13H14BrN3OS. The summed E-state index contributed by atoms with van der Waals surface area (Å²) in [6.07, 6.45) is 0.290. The van der Waals surface area contributed by atoms with E-state index in [-0.39, 0.29) is 12.3 Å². The molecule has 0 bridgehead atoms. The van der Waals surface area contributed by atoms with E-state index in [1.54, 1.807) is 11.9 Å². The number of hydrogen-bond acceptors (Lipinski definition) is 4. The van der Waals surface area contributed by atoms with E-state index in [0.29, 0.717) is 11.7 Å². The second-order valence-electron chi connectivity index (χ2n) is 4.23. The molecule has 1 amide bonds. The molecule has 1 aromatic carbocycles. The van der Waals surface area contributed by atoms with Gasteiger partial charge in [-0.05, 0) is 17.7 Å². The van der Waals surface area contributed by atoms with Gasteiger partial charge in [-0.15, -0.1) is 11.3 Å². The summed E-state index contributed by atoms with van der Waals surface area (Å²) in [6.45, 7) is 0.581. The van der Waals surface area contributed by atoms with Crippen molar-refractivity contribution in [1.82, 2.24) is 9.88 Å². The molecule has 2 rings (SSSR count). The van der Waals surface area contributed by atoms with Crippen molar-refractivity contribution in [2.24, 2.45) is 0 Å². The van der Waals surface area contributed by atoms with Gasteiger partial charge < -0.3 is 10.6 Å². The zero-order valence-corrected chi connectivity index (χ0v) is 12.9. The number of likely N-dealkylation sites (N-methyl/N-ethyl adjacent to an activating group) is 1. The molecule has 0 atom stereocenters. The third-order valence-electron chi connectivity index (χ3n) is 2.64. The van der Waals surface area contributed by atoms with Crippen molar-refractivity contribution in [3.8, 4) is 0 Å². The van der Waals surface area contributed by atoms with E-state index in [1.807, 2.05) is 29.6 Å². The number of nitrogens with zero attached hydrogens (tertiary/aromatic N) is 2.